The van der Waals surface area contributed by atoms with Crippen molar-refractivity contribution in [1.82, 2.24) is 0 Å². The molecule has 1 aliphatic rings. The Morgan fingerprint density at radius 2 is 2.11 bits per heavy atom. The summed E-state index contributed by atoms with van der Waals surface area (Å²) >= 11 is 6.22. The van der Waals surface area contributed by atoms with Gasteiger partial charge in [0.2, 0.25) is 0 Å². The summed E-state index contributed by atoms with van der Waals surface area (Å²) in [7, 11) is 0. The molecule has 6 nitrogen and oxygen atoms in total. The van der Waals surface area contributed by atoms with Gasteiger partial charge in [-0.25, -0.2) is 4.79 Å². The highest BCUT2D eigenvalue weighted by molar-refractivity contribution is 6.32. The first-order valence-corrected chi connectivity index (χ1v) is 9.34. The maximum Gasteiger partial charge on any atom is 0.329 e. The van der Waals surface area contributed by atoms with Crippen LogP contribution in [-0.2, 0) is 9.53 Å². The molecular formula is C21H21ClO6. The van der Waals surface area contributed by atoms with Crippen LogP contribution in [0.15, 0.2) is 36.4 Å². The average Bonchev–Trinajstić information content (AvgIpc) is 2.65. The minimum Gasteiger partial charge on any atom is -0.493 e. The van der Waals surface area contributed by atoms with Gasteiger partial charge >= 0.3 is 5.97 Å². The Hall–Kier alpha value is -2.57. The molecule has 1 aliphatic heterocycles. The van der Waals surface area contributed by atoms with E-state index in [1.54, 1.807) is 18.2 Å². The highest BCUT2D eigenvalue weighted by Gasteiger charge is 2.31. The van der Waals surface area contributed by atoms with Gasteiger partial charge in [-0.2, -0.15) is 0 Å². The number of Topliss-reactive ketones (excluding diaryl/α,β-unsaturated/α-hetero) is 1. The molecule has 0 saturated carbocycles. The van der Waals surface area contributed by atoms with Crippen molar-refractivity contribution in [2.45, 2.75) is 25.9 Å². The molecule has 1 heterocycles. The highest BCUT2D eigenvalue weighted by atomic mass is 35.5. The number of para-hydroxylation sites is 1. The number of carboxylic acids is 1. The smallest absolute Gasteiger partial charge is 0.329 e. The number of fused-ring (bicyclic) bond motifs is 1. The Balaban J connectivity index is 1.71. The second-order valence-electron chi connectivity index (χ2n) is 6.54. The lowest BCUT2D eigenvalue weighted by atomic mass is 9.95. The number of benzene rings is 2. The summed E-state index contributed by atoms with van der Waals surface area (Å²) in [5, 5.41) is 8.97. The Kier molecular flexibility index (Phi) is 6.54. The van der Waals surface area contributed by atoms with Crippen LogP contribution in [0, 0.1) is 6.92 Å². The molecule has 148 valence electrons. The van der Waals surface area contributed by atoms with Crippen molar-refractivity contribution < 1.29 is 28.9 Å². The Morgan fingerprint density at radius 3 is 2.89 bits per heavy atom. The van der Waals surface area contributed by atoms with Crippen molar-refractivity contribution in [2.75, 3.05) is 19.8 Å². The van der Waals surface area contributed by atoms with E-state index in [0.29, 0.717) is 35.1 Å². The standard InChI is InChI=1S/C21H21ClO6/c1-13-6-7-15(18(10-13)27-9-3-8-26-12-20(24)25)19-11-17(23)14-4-2-5-16(22)21(14)28-19/h2,4-7,10,19H,3,8-9,11-12H2,1H3,(H,24,25). The van der Waals surface area contributed by atoms with Crippen LogP contribution in [0.25, 0.3) is 0 Å². The topological polar surface area (TPSA) is 82.1 Å². The van der Waals surface area contributed by atoms with Crippen molar-refractivity contribution >= 4 is 23.4 Å². The third-order valence-electron chi connectivity index (χ3n) is 4.33. The molecule has 1 atom stereocenters. The normalized spacial score (nSPS) is 15.6. The van der Waals surface area contributed by atoms with E-state index in [0.717, 1.165) is 11.1 Å². The molecule has 2 aromatic rings. The van der Waals surface area contributed by atoms with Crippen LogP contribution >= 0.6 is 11.6 Å². The lowest BCUT2D eigenvalue weighted by molar-refractivity contribution is -0.142. The molecule has 3 rings (SSSR count). The maximum absolute atomic E-state index is 12.5. The van der Waals surface area contributed by atoms with E-state index >= 15 is 0 Å². The van der Waals surface area contributed by atoms with Crippen molar-refractivity contribution in [3.63, 3.8) is 0 Å². The van der Waals surface area contributed by atoms with Gasteiger partial charge in [-0.15, -0.1) is 0 Å². The summed E-state index contributed by atoms with van der Waals surface area (Å²) in [6.45, 7) is 2.27. The fourth-order valence-electron chi connectivity index (χ4n) is 3.02. The van der Waals surface area contributed by atoms with E-state index in [2.05, 4.69) is 0 Å². The summed E-state index contributed by atoms with van der Waals surface area (Å²) in [5.41, 5.74) is 2.28. The molecule has 0 spiro atoms. The van der Waals surface area contributed by atoms with Crippen LogP contribution in [0.1, 0.15) is 40.4 Å². The zero-order chi connectivity index (χ0) is 20.1. The number of carbonyl (C=O) groups excluding carboxylic acids is 1. The van der Waals surface area contributed by atoms with Gasteiger partial charge in [0.1, 0.15) is 24.2 Å². The summed E-state index contributed by atoms with van der Waals surface area (Å²) < 4.78 is 16.9. The third-order valence-corrected chi connectivity index (χ3v) is 4.63. The summed E-state index contributed by atoms with van der Waals surface area (Å²) in [4.78, 5) is 23.0. The number of hydrogen-bond donors (Lipinski definition) is 1. The first-order chi connectivity index (χ1) is 13.5. The molecule has 0 aromatic heterocycles. The van der Waals surface area contributed by atoms with Gasteiger partial charge in [-0.1, -0.05) is 29.8 Å². The van der Waals surface area contributed by atoms with E-state index in [4.69, 9.17) is 30.9 Å². The highest BCUT2D eigenvalue weighted by Crippen LogP contribution is 2.41. The van der Waals surface area contributed by atoms with Gasteiger partial charge in [-0.05, 0) is 30.7 Å². The number of ether oxygens (including phenoxy) is 3. The minimum absolute atomic E-state index is 0.0256. The van der Waals surface area contributed by atoms with Crippen LogP contribution in [0.5, 0.6) is 11.5 Å². The molecule has 0 bridgehead atoms. The van der Waals surface area contributed by atoms with Crippen LogP contribution in [0.4, 0.5) is 0 Å². The van der Waals surface area contributed by atoms with Crippen LogP contribution in [-0.4, -0.2) is 36.7 Å². The Labute approximate surface area is 168 Å². The zero-order valence-corrected chi connectivity index (χ0v) is 16.2. The third kappa shape index (κ3) is 4.82. The van der Waals surface area contributed by atoms with Gasteiger partial charge < -0.3 is 19.3 Å². The van der Waals surface area contributed by atoms with Gasteiger partial charge in [0.25, 0.3) is 0 Å². The average molecular weight is 405 g/mol. The molecule has 0 amide bonds. The van der Waals surface area contributed by atoms with E-state index < -0.39 is 12.1 Å². The molecule has 7 heteroatoms. The fraction of sp³-hybridized carbons (Fsp3) is 0.333. The molecule has 28 heavy (non-hydrogen) atoms. The van der Waals surface area contributed by atoms with Crippen LogP contribution in [0.2, 0.25) is 5.02 Å². The zero-order valence-electron chi connectivity index (χ0n) is 15.4. The van der Waals surface area contributed by atoms with Gasteiger partial charge in [0.15, 0.2) is 5.78 Å². The number of ketones is 1. The Bertz CT molecular complexity index is 879. The number of aliphatic carboxylic acids is 1. The van der Waals surface area contributed by atoms with Crippen molar-refractivity contribution in [2.24, 2.45) is 0 Å². The molecule has 1 N–H and O–H groups in total. The summed E-state index contributed by atoms with van der Waals surface area (Å²) in [6.07, 6.45) is 0.257. The lowest BCUT2D eigenvalue weighted by Crippen LogP contribution is -2.21. The first-order valence-electron chi connectivity index (χ1n) is 8.97. The first kappa shape index (κ1) is 20.2. The van der Waals surface area contributed by atoms with Gasteiger partial charge in [0.05, 0.1) is 30.2 Å². The summed E-state index contributed by atoms with van der Waals surface area (Å²) in [5.74, 6) is 0.00726. The molecular weight excluding hydrogens is 384 g/mol. The minimum atomic E-state index is -1.00. The monoisotopic (exact) mass is 404 g/mol. The quantitative estimate of drug-likeness (QED) is 0.663. The van der Waals surface area contributed by atoms with Crippen LogP contribution < -0.4 is 9.47 Å². The van der Waals surface area contributed by atoms with E-state index in [-0.39, 0.29) is 25.4 Å². The second-order valence-corrected chi connectivity index (χ2v) is 6.95. The molecule has 0 radical (unpaired) electrons. The number of carboxylic acid groups (broad SMARTS) is 1. The largest absolute Gasteiger partial charge is 0.493 e. The number of aryl methyl sites for hydroxylation is 1. The van der Waals surface area contributed by atoms with Gasteiger partial charge in [-0.3, -0.25) is 4.79 Å². The van der Waals surface area contributed by atoms with E-state index in [9.17, 15) is 9.59 Å². The van der Waals surface area contributed by atoms with Crippen LogP contribution in [0.3, 0.4) is 0 Å². The second kappa shape index (κ2) is 9.08. The lowest BCUT2D eigenvalue weighted by Gasteiger charge is -2.27. The van der Waals surface area contributed by atoms with E-state index in [1.807, 2.05) is 25.1 Å². The fourth-order valence-corrected chi connectivity index (χ4v) is 3.24. The van der Waals surface area contributed by atoms with E-state index in [1.165, 1.54) is 0 Å². The summed E-state index contributed by atoms with van der Waals surface area (Å²) in [6, 6.07) is 10.9. The molecule has 0 fully saturated rings. The predicted molar refractivity (Wildman–Crippen MR) is 104 cm³/mol. The number of rotatable bonds is 8. The number of halogens is 1. The van der Waals surface area contributed by atoms with Gasteiger partial charge in [0, 0.05) is 12.0 Å². The van der Waals surface area contributed by atoms with Crippen molar-refractivity contribution in [1.29, 1.82) is 0 Å². The predicted octanol–water partition coefficient (Wildman–Crippen LogP) is 4.23. The molecule has 1 unspecified atom stereocenters. The SMILES string of the molecule is Cc1ccc(C2CC(=O)c3cccc(Cl)c3O2)c(OCCCOCC(=O)O)c1. The maximum atomic E-state index is 12.5. The Morgan fingerprint density at radius 1 is 1.29 bits per heavy atom. The molecule has 0 aliphatic carbocycles. The molecule has 0 saturated heterocycles. The number of hydrogen-bond acceptors (Lipinski definition) is 5. The van der Waals surface area contributed by atoms with Crippen molar-refractivity contribution in [3.8, 4) is 11.5 Å². The molecule has 2 aromatic carbocycles. The number of carbonyl (C=O) groups is 2. The van der Waals surface area contributed by atoms with Crippen molar-refractivity contribution in [3.05, 3.63) is 58.1 Å².